The van der Waals surface area contributed by atoms with Gasteiger partial charge in [0.1, 0.15) is 5.01 Å². The number of carbonyl (C=O) groups excluding carboxylic acids is 1. The molecule has 2 unspecified atom stereocenters. The minimum atomic E-state index is -0.356. The molecule has 0 saturated heterocycles. The first-order chi connectivity index (χ1) is 8.09. The van der Waals surface area contributed by atoms with E-state index in [-0.39, 0.29) is 42.2 Å². The molecule has 1 heterocycles. The molecule has 4 nitrogen and oxygen atoms in total. The van der Waals surface area contributed by atoms with E-state index in [2.05, 4.69) is 10.3 Å². The van der Waals surface area contributed by atoms with Gasteiger partial charge in [0.2, 0.25) is 5.91 Å². The van der Waals surface area contributed by atoms with Crippen molar-refractivity contribution in [2.45, 2.75) is 44.7 Å². The van der Waals surface area contributed by atoms with E-state index in [4.69, 9.17) is 5.73 Å². The third-order valence-electron chi connectivity index (χ3n) is 3.47. The maximum Gasteiger partial charge on any atom is 0.225 e. The summed E-state index contributed by atoms with van der Waals surface area (Å²) in [7, 11) is 0. The van der Waals surface area contributed by atoms with Crippen LogP contribution in [0.2, 0.25) is 0 Å². The van der Waals surface area contributed by atoms with Crippen LogP contribution in [0.1, 0.15) is 37.6 Å². The maximum absolute atomic E-state index is 12.1. The number of hydrogen-bond acceptors (Lipinski definition) is 4. The lowest BCUT2D eigenvalue weighted by Gasteiger charge is -2.37. The van der Waals surface area contributed by atoms with Gasteiger partial charge in [-0.25, -0.2) is 4.98 Å². The van der Waals surface area contributed by atoms with Crippen LogP contribution < -0.4 is 11.1 Å². The summed E-state index contributed by atoms with van der Waals surface area (Å²) in [4.78, 5) is 16.2. The van der Waals surface area contributed by atoms with Crippen LogP contribution in [-0.2, 0) is 11.3 Å². The van der Waals surface area contributed by atoms with E-state index < -0.39 is 0 Å². The van der Waals surface area contributed by atoms with Crippen LogP contribution in [0.5, 0.6) is 0 Å². The van der Waals surface area contributed by atoms with Gasteiger partial charge in [0.15, 0.2) is 0 Å². The van der Waals surface area contributed by atoms with Crippen molar-refractivity contribution >= 4 is 42.1 Å². The number of carbonyl (C=O) groups is 1. The van der Waals surface area contributed by atoms with Gasteiger partial charge in [0.25, 0.3) is 0 Å². The fourth-order valence-electron chi connectivity index (χ4n) is 2.42. The molecular weight excluding hydrogens is 305 g/mol. The molecule has 0 radical (unpaired) electrons. The predicted molar refractivity (Wildman–Crippen MR) is 83.0 cm³/mol. The first kappa shape index (κ1) is 18.6. The summed E-state index contributed by atoms with van der Waals surface area (Å²) in [6, 6.07) is 0. The largest absolute Gasteiger partial charge is 0.349 e. The molecule has 3 N–H and O–H groups in total. The summed E-state index contributed by atoms with van der Waals surface area (Å²) in [5, 5.41) is 5.79. The summed E-state index contributed by atoms with van der Waals surface area (Å²) in [5.74, 6) is 0.0149. The lowest BCUT2D eigenvalue weighted by atomic mass is 9.74. The fraction of sp³-hybridized carbons (Fsp3) is 0.667. The number of nitrogens with zero attached hydrogens (tertiary/aromatic N) is 1. The van der Waals surface area contributed by atoms with Crippen LogP contribution in [-0.4, -0.2) is 16.4 Å². The van der Waals surface area contributed by atoms with Crippen LogP contribution >= 0.6 is 36.2 Å². The molecule has 1 aliphatic rings. The molecule has 1 aromatic rings. The van der Waals surface area contributed by atoms with Gasteiger partial charge >= 0.3 is 0 Å². The van der Waals surface area contributed by atoms with Crippen molar-refractivity contribution in [2.24, 2.45) is 11.7 Å². The maximum atomic E-state index is 12.1. The molecule has 0 aromatic carbocycles. The Morgan fingerprint density at radius 3 is 2.89 bits per heavy atom. The molecule has 1 saturated carbocycles. The molecule has 2 atom stereocenters. The van der Waals surface area contributed by atoms with Crippen molar-refractivity contribution in [3.63, 3.8) is 0 Å². The molecule has 0 aliphatic heterocycles. The summed E-state index contributed by atoms with van der Waals surface area (Å²) in [6.07, 6.45) is 5.81. The average Bonchev–Trinajstić information content (AvgIpc) is 2.78. The number of aromatic nitrogens is 1. The second-order valence-corrected chi connectivity index (χ2v) is 5.93. The van der Waals surface area contributed by atoms with Crippen molar-refractivity contribution in [1.82, 2.24) is 10.3 Å². The zero-order chi connectivity index (χ0) is 12.3. The highest BCUT2D eigenvalue weighted by molar-refractivity contribution is 7.09. The summed E-state index contributed by atoms with van der Waals surface area (Å²) in [6.45, 7) is 2.50. The van der Waals surface area contributed by atoms with Crippen LogP contribution in [0.15, 0.2) is 11.6 Å². The second-order valence-electron chi connectivity index (χ2n) is 4.95. The van der Waals surface area contributed by atoms with E-state index in [0.717, 1.165) is 30.7 Å². The van der Waals surface area contributed by atoms with E-state index in [0.29, 0.717) is 6.54 Å². The van der Waals surface area contributed by atoms with Gasteiger partial charge in [-0.05, 0) is 19.8 Å². The van der Waals surface area contributed by atoms with E-state index in [1.807, 2.05) is 12.3 Å². The average molecular weight is 326 g/mol. The topological polar surface area (TPSA) is 68.0 Å². The van der Waals surface area contributed by atoms with Gasteiger partial charge in [0.05, 0.1) is 12.5 Å². The summed E-state index contributed by atoms with van der Waals surface area (Å²) < 4.78 is 0. The fourth-order valence-corrected chi connectivity index (χ4v) is 2.97. The number of nitrogens with one attached hydrogen (secondary N) is 1. The number of amides is 1. The number of thiazole rings is 1. The third-order valence-corrected chi connectivity index (χ3v) is 4.25. The van der Waals surface area contributed by atoms with Crippen molar-refractivity contribution < 1.29 is 4.79 Å². The Bertz CT molecular complexity index is 384. The van der Waals surface area contributed by atoms with Crippen LogP contribution in [0.25, 0.3) is 0 Å². The van der Waals surface area contributed by atoms with E-state index >= 15 is 0 Å². The third kappa shape index (κ3) is 4.91. The monoisotopic (exact) mass is 325 g/mol. The predicted octanol–water partition coefficient (Wildman–Crippen LogP) is 2.51. The quantitative estimate of drug-likeness (QED) is 0.897. The Labute approximate surface area is 130 Å². The lowest BCUT2D eigenvalue weighted by Crippen LogP contribution is -2.52. The van der Waals surface area contributed by atoms with Gasteiger partial charge in [-0.3, -0.25) is 4.79 Å². The van der Waals surface area contributed by atoms with Crippen molar-refractivity contribution in [3.8, 4) is 0 Å². The van der Waals surface area contributed by atoms with Gasteiger partial charge in [-0.15, -0.1) is 36.2 Å². The molecule has 0 spiro atoms. The highest BCUT2D eigenvalue weighted by Gasteiger charge is 2.37. The second kappa shape index (κ2) is 8.04. The van der Waals surface area contributed by atoms with Crippen LogP contribution in [0, 0.1) is 5.92 Å². The highest BCUT2D eigenvalue weighted by Crippen LogP contribution is 2.31. The SMILES string of the molecule is CC1(N)CCCCC1C(=O)NCc1nccs1.Cl.Cl. The molecule has 0 bridgehead atoms. The minimum Gasteiger partial charge on any atom is -0.349 e. The van der Waals surface area contributed by atoms with Gasteiger partial charge in [-0.2, -0.15) is 0 Å². The molecule has 1 aliphatic carbocycles. The Kier molecular flexibility index (Phi) is 7.89. The van der Waals surface area contributed by atoms with Crippen molar-refractivity contribution in [2.75, 3.05) is 0 Å². The Morgan fingerprint density at radius 2 is 2.32 bits per heavy atom. The first-order valence-electron chi connectivity index (χ1n) is 6.04. The van der Waals surface area contributed by atoms with Crippen molar-refractivity contribution in [1.29, 1.82) is 0 Å². The molecule has 19 heavy (non-hydrogen) atoms. The van der Waals surface area contributed by atoms with Gasteiger partial charge in [0, 0.05) is 17.1 Å². The number of nitrogens with two attached hydrogens (primary N) is 1. The zero-order valence-electron chi connectivity index (χ0n) is 10.9. The molecule has 7 heteroatoms. The van der Waals surface area contributed by atoms with E-state index in [1.54, 1.807) is 17.5 Å². The highest BCUT2D eigenvalue weighted by atomic mass is 35.5. The Hall–Kier alpha value is -0.360. The van der Waals surface area contributed by atoms with Gasteiger partial charge in [-0.1, -0.05) is 12.8 Å². The Balaban J connectivity index is 0.00000162. The number of hydrogen-bond donors (Lipinski definition) is 2. The molecule has 110 valence electrons. The standard InChI is InChI=1S/C12H19N3OS.2ClH/c1-12(13)5-3-2-4-9(12)11(16)15-8-10-14-6-7-17-10;;/h6-7,9H,2-5,8,13H2,1H3,(H,15,16);2*1H. The molecule has 2 rings (SSSR count). The van der Waals surface area contributed by atoms with E-state index in [1.165, 1.54) is 0 Å². The minimum absolute atomic E-state index is 0. The van der Waals surface area contributed by atoms with E-state index in [9.17, 15) is 4.79 Å². The first-order valence-corrected chi connectivity index (χ1v) is 6.92. The Morgan fingerprint density at radius 1 is 1.58 bits per heavy atom. The van der Waals surface area contributed by atoms with Crippen molar-refractivity contribution in [3.05, 3.63) is 16.6 Å². The molecule has 1 amide bonds. The summed E-state index contributed by atoms with van der Waals surface area (Å²) in [5.41, 5.74) is 5.84. The normalized spacial score (nSPS) is 25.9. The number of halogens is 2. The van der Waals surface area contributed by atoms with Crippen LogP contribution in [0.4, 0.5) is 0 Å². The summed E-state index contributed by atoms with van der Waals surface area (Å²) >= 11 is 1.55. The van der Waals surface area contributed by atoms with Gasteiger partial charge < -0.3 is 11.1 Å². The number of rotatable bonds is 3. The van der Waals surface area contributed by atoms with Crippen LogP contribution in [0.3, 0.4) is 0 Å². The molecule has 1 fully saturated rings. The molecular formula is C12H21Cl2N3OS. The zero-order valence-corrected chi connectivity index (χ0v) is 13.4. The molecule has 1 aromatic heterocycles. The lowest BCUT2D eigenvalue weighted by molar-refractivity contribution is -0.128. The smallest absolute Gasteiger partial charge is 0.225 e.